The van der Waals surface area contributed by atoms with E-state index < -0.39 is 0 Å². The van der Waals surface area contributed by atoms with Crippen molar-refractivity contribution in [2.45, 2.75) is 26.5 Å². The van der Waals surface area contributed by atoms with E-state index in [1.807, 2.05) is 13.8 Å². The maximum absolute atomic E-state index is 12.6. The van der Waals surface area contributed by atoms with Gasteiger partial charge in [0.2, 0.25) is 0 Å². The van der Waals surface area contributed by atoms with E-state index in [4.69, 9.17) is 9.15 Å². The van der Waals surface area contributed by atoms with E-state index in [-0.39, 0.29) is 17.9 Å². The Morgan fingerprint density at radius 1 is 1.03 bits per heavy atom. The molecule has 2 N–H and O–H groups in total. The van der Waals surface area contributed by atoms with E-state index in [2.05, 4.69) is 26.6 Å². The summed E-state index contributed by atoms with van der Waals surface area (Å²) in [7, 11) is 0. The molecule has 0 radical (unpaired) electrons. The smallest absolute Gasteiger partial charge is 0.255 e. The number of anilines is 1. The molecule has 0 saturated carbocycles. The maximum Gasteiger partial charge on any atom is 0.255 e. The zero-order chi connectivity index (χ0) is 20.8. The molecular formula is C22H21BrN2O4. The second-order valence-corrected chi connectivity index (χ2v) is 7.46. The van der Waals surface area contributed by atoms with Gasteiger partial charge in [0.25, 0.3) is 11.8 Å². The number of ether oxygens (including phenoxy) is 1. The number of halogens is 1. The number of benzene rings is 2. The van der Waals surface area contributed by atoms with Crippen molar-refractivity contribution in [2.75, 3.05) is 5.32 Å². The maximum atomic E-state index is 12.6. The first-order valence-electron chi connectivity index (χ1n) is 9.10. The van der Waals surface area contributed by atoms with Crippen molar-refractivity contribution in [3.8, 4) is 5.75 Å². The van der Waals surface area contributed by atoms with Crippen LogP contribution in [0.3, 0.4) is 0 Å². The molecule has 6 nitrogen and oxygen atoms in total. The summed E-state index contributed by atoms with van der Waals surface area (Å²) in [6.45, 7) is 4.16. The molecule has 2 amide bonds. The fraction of sp³-hybridized carbons (Fsp3) is 0.182. The molecule has 150 valence electrons. The van der Waals surface area contributed by atoms with Gasteiger partial charge in [-0.05, 0) is 78.3 Å². The van der Waals surface area contributed by atoms with Crippen LogP contribution in [0.4, 0.5) is 5.69 Å². The molecule has 0 fully saturated rings. The summed E-state index contributed by atoms with van der Waals surface area (Å²) in [6.07, 6.45) is 1.59. The Morgan fingerprint density at radius 3 is 2.52 bits per heavy atom. The largest absolute Gasteiger partial charge is 0.490 e. The molecule has 29 heavy (non-hydrogen) atoms. The van der Waals surface area contributed by atoms with Crippen LogP contribution in [0.5, 0.6) is 5.75 Å². The SMILES string of the molecule is CC(C)Oc1ccc(C(=O)Nc2cccc(C(=O)NCc3ccco3)c2)cc1Br. The molecule has 0 aliphatic heterocycles. The summed E-state index contributed by atoms with van der Waals surface area (Å²) in [5.74, 6) is 0.801. The fourth-order valence-electron chi connectivity index (χ4n) is 2.62. The monoisotopic (exact) mass is 456 g/mol. The van der Waals surface area contributed by atoms with Crippen molar-refractivity contribution in [3.63, 3.8) is 0 Å². The number of hydrogen-bond acceptors (Lipinski definition) is 4. The number of amides is 2. The Kier molecular flexibility index (Phi) is 6.72. The van der Waals surface area contributed by atoms with Crippen molar-refractivity contribution in [2.24, 2.45) is 0 Å². The predicted octanol–water partition coefficient (Wildman–Crippen LogP) is 5.01. The van der Waals surface area contributed by atoms with E-state index in [1.54, 1.807) is 60.9 Å². The van der Waals surface area contributed by atoms with Gasteiger partial charge in [-0.1, -0.05) is 6.07 Å². The van der Waals surface area contributed by atoms with Gasteiger partial charge in [-0.25, -0.2) is 0 Å². The third-order valence-corrected chi connectivity index (χ3v) is 4.56. The number of nitrogens with one attached hydrogen (secondary N) is 2. The van der Waals surface area contributed by atoms with Gasteiger partial charge in [0.05, 0.1) is 23.4 Å². The fourth-order valence-corrected chi connectivity index (χ4v) is 3.09. The first kappa shape index (κ1) is 20.7. The van der Waals surface area contributed by atoms with Gasteiger partial charge in [0.1, 0.15) is 11.5 Å². The Balaban J connectivity index is 1.65. The molecule has 0 spiro atoms. The van der Waals surface area contributed by atoms with Crippen LogP contribution >= 0.6 is 15.9 Å². The molecule has 3 rings (SSSR count). The average molecular weight is 457 g/mol. The number of carbonyl (C=O) groups is 2. The highest BCUT2D eigenvalue weighted by atomic mass is 79.9. The first-order valence-corrected chi connectivity index (χ1v) is 9.90. The van der Waals surface area contributed by atoms with Crippen molar-refractivity contribution in [3.05, 3.63) is 82.2 Å². The highest BCUT2D eigenvalue weighted by Crippen LogP contribution is 2.27. The van der Waals surface area contributed by atoms with Crippen LogP contribution in [0.15, 0.2) is 69.8 Å². The zero-order valence-corrected chi connectivity index (χ0v) is 17.7. The van der Waals surface area contributed by atoms with Gasteiger partial charge in [-0.2, -0.15) is 0 Å². The number of hydrogen-bond donors (Lipinski definition) is 2. The highest BCUT2D eigenvalue weighted by molar-refractivity contribution is 9.10. The van der Waals surface area contributed by atoms with Crippen LogP contribution < -0.4 is 15.4 Å². The van der Waals surface area contributed by atoms with E-state index in [0.717, 1.165) is 0 Å². The number of carbonyl (C=O) groups excluding carboxylic acids is 2. The number of furan rings is 1. The summed E-state index contributed by atoms with van der Waals surface area (Å²) in [5, 5.41) is 5.59. The lowest BCUT2D eigenvalue weighted by Crippen LogP contribution is -2.22. The van der Waals surface area contributed by atoms with E-state index in [0.29, 0.717) is 39.3 Å². The van der Waals surface area contributed by atoms with Crippen LogP contribution in [0.2, 0.25) is 0 Å². The van der Waals surface area contributed by atoms with Crippen LogP contribution in [-0.4, -0.2) is 17.9 Å². The molecule has 0 bridgehead atoms. The molecular weight excluding hydrogens is 436 g/mol. The molecule has 0 aliphatic rings. The zero-order valence-electron chi connectivity index (χ0n) is 16.1. The quantitative estimate of drug-likeness (QED) is 0.523. The molecule has 0 unspecified atom stereocenters. The van der Waals surface area contributed by atoms with Crippen LogP contribution in [0.25, 0.3) is 0 Å². The third-order valence-electron chi connectivity index (χ3n) is 3.94. The Hall–Kier alpha value is -3.06. The summed E-state index contributed by atoms with van der Waals surface area (Å²) >= 11 is 3.43. The minimum absolute atomic E-state index is 0.0349. The average Bonchev–Trinajstić information content (AvgIpc) is 3.21. The second kappa shape index (κ2) is 9.43. The summed E-state index contributed by atoms with van der Waals surface area (Å²) in [5.41, 5.74) is 1.44. The van der Waals surface area contributed by atoms with Crippen LogP contribution in [-0.2, 0) is 6.54 Å². The van der Waals surface area contributed by atoms with Gasteiger partial charge in [0, 0.05) is 16.8 Å². The standard InChI is InChI=1S/C22H21BrN2O4/c1-14(2)29-20-9-8-16(12-19(20)23)22(27)25-17-6-3-5-15(11-17)21(26)24-13-18-7-4-10-28-18/h3-12,14H,13H2,1-2H3,(H,24,26)(H,25,27). The normalized spacial score (nSPS) is 10.6. The van der Waals surface area contributed by atoms with E-state index >= 15 is 0 Å². The molecule has 0 aliphatic carbocycles. The molecule has 1 heterocycles. The minimum Gasteiger partial charge on any atom is -0.490 e. The Bertz CT molecular complexity index is 1000. The second-order valence-electron chi connectivity index (χ2n) is 6.61. The Labute approximate surface area is 177 Å². The summed E-state index contributed by atoms with van der Waals surface area (Å²) in [4.78, 5) is 24.9. The lowest BCUT2D eigenvalue weighted by molar-refractivity contribution is 0.0946. The predicted molar refractivity (Wildman–Crippen MR) is 114 cm³/mol. The van der Waals surface area contributed by atoms with Crippen molar-refractivity contribution in [1.29, 1.82) is 0 Å². The lowest BCUT2D eigenvalue weighted by atomic mass is 10.1. The molecule has 2 aromatic carbocycles. The van der Waals surface area contributed by atoms with Crippen molar-refractivity contribution >= 4 is 33.4 Å². The van der Waals surface area contributed by atoms with E-state index in [9.17, 15) is 9.59 Å². The highest BCUT2D eigenvalue weighted by Gasteiger charge is 2.12. The van der Waals surface area contributed by atoms with Gasteiger partial charge in [-0.3, -0.25) is 9.59 Å². The lowest BCUT2D eigenvalue weighted by Gasteiger charge is -2.13. The third kappa shape index (κ3) is 5.71. The number of rotatable bonds is 7. The van der Waals surface area contributed by atoms with Crippen molar-refractivity contribution < 1.29 is 18.7 Å². The Morgan fingerprint density at radius 2 is 1.83 bits per heavy atom. The first-order chi connectivity index (χ1) is 13.9. The molecule has 0 atom stereocenters. The van der Waals surface area contributed by atoms with Gasteiger partial charge in [-0.15, -0.1) is 0 Å². The van der Waals surface area contributed by atoms with Crippen LogP contribution in [0.1, 0.15) is 40.3 Å². The molecule has 7 heteroatoms. The topological polar surface area (TPSA) is 80.6 Å². The van der Waals surface area contributed by atoms with Crippen LogP contribution in [0, 0.1) is 0 Å². The summed E-state index contributed by atoms with van der Waals surface area (Å²) < 4.78 is 11.6. The summed E-state index contributed by atoms with van der Waals surface area (Å²) in [6, 6.07) is 15.4. The van der Waals surface area contributed by atoms with Gasteiger partial charge >= 0.3 is 0 Å². The molecule has 3 aromatic rings. The minimum atomic E-state index is -0.282. The molecule has 1 aromatic heterocycles. The molecule has 0 saturated heterocycles. The van der Waals surface area contributed by atoms with Gasteiger partial charge < -0.3 is 19.8 Å². The van der Waals surface area contributed by atoms with Crippen molar-refractivity contribution in [1.82, 2.24) is 5.32 Å². The van der Waals surface area contributed by atoms with Gasteiger partial charge in [0.15, 0.2) is 0 Å². The van der Waals surface area contributed by atoms with E-state index in [1.165, 1.54) is 0 Å².